The summed E-state index contributed by atoms with van der Waals surface area (Å²) in [5, 5.41) is 11.0. The Kier molecular flexibility index (Phi) is 9.87. The second-order valence-corrected chi connectivity index (χ2v) is 14.3. The fourth-order valence-electron chi connectivity index (χ4n) is 7.64. The maximum absolute atomic E-state index is 9.50. The molecular formula is C46H19B9N4O. The average Bonchev–Trinajstić information content (AvgIpc) is 3.67. The van der Waals surface area contributed by atoms with E-state index in [1.165, 1.54) is 0 Å². The predicted molar refractivity (Wildman–Crippen MR) is 253 cm³/mol. The molecule has 14 heteroatoms. The first-order chi connectivity index (χ1) is 28.9. The van der Waals surface area contributed by atoms with E-state index in [9.17, 15) is 5.26 Å². The highest BCUT2D eigenvalue weighted by molar-refractivity contribution is 6.70. The van der Waals surface area contributed by atoms with Crippen LogP contribution in [0.1, 0.15) is 5.56 Å². The summed E-state index contributed by atoms with van der Waals surface area (Å²) in [4.78, 5) is 14.8. The minimum atomic E-state index is 0.0307. The van der Waals surface area contributed by atoms with E-state index in [2.05, 4.69) is 6.07 Å². The quantitative estimate of drug-likeness (QED) is 0.236. The van der Waals surface area contributed by atoms with Gasteiger partial charge in [0.15, 0.2) is 17.5 Å². The summed E-state index contributed by atoms with van der Waals surface area (Å²) in [7, 11) is 58.4. The first-order valence-corrected chi connectivity index (χ1v) is 18.6. The fraction of sp³-hybridized carbons (Fsp3) is 0. The molecule has 9 rings (SSSR count). The lowest BCUT2D eigenvalue weighted by atomic mass is 9.56. The number of benzene rings is 7. The van der Waals surface area contributed by atoms with E-state index < -0.39 is 0 Å². The minimum Gasteiger partial charge on any atom is -0.456 e. The van der Waals surface area contributed by atoms with Gasteiger partial charge in [0.05, 0.1) is 11.6 Å². The topological polar surface area (TPSA) is 75.6 Å². The van der Waals surface area contributed by atoms with Crippen molar-refractivity contribution < 1.29 is 4.42 Å². The molecule has 0 fully saturated rings. The molecular weight excluding hydrogens is 722 g/mol. The fourth-order valence-corrected chi connectivity index (χ4v) is 7.64. The van der Waals surface area contributed by atoms with Crippen LogP contribution in [0.5, 0.6) is 0 Å². The standard InChI is InChI=1S/C46H19B9N4O/c47-35-32(36(48)40(52)37(49)33(35)34-38(50)41(53)43(55)42(54)39(34)51)28-13-6-14-29-31(28)27-16-15-26(19-30(27)60-29)46-58-44(22-8-2-1-3-9-22)57-45(59-46)25-12-5-11-24(18-25)23-10-4-7-21(17-23)20-56/h1-19H. The normalized spacial score (nSPS) is 11.2. The van der Waals surface area contributed by atoms with E-state index >= 15 is 0 Å². The maximum atomic E-state index is 9.50. The summed E-state index contributed by atoms with van der Waals surface area (Å²) in [5.74, 6) is 1.39. The van der Waals surface area contributed by atoms with Gasteiger partial charge in [-0.1, -0.05) is 106 Å². The lowest BCUT2D eigenvalue weighted by Crippen LogP contribution is -2.57. The Hall–Kier alpha value is -6.58. The second-order valence-electron chi connectivity index (χ2n) is 14.3. The molecule has 60 heavy (non-hydrogen) atoms. The van der Waals surface area contributed by atoms with E-state index in [1.54, 1.807) is 6.07 Å². The molecule has 0 unspecified atom stereocenters. The predicted octanol–water partition coefficient (Wildman–Crippen LogP) is 0.789. The summed E-state index contributed by atoms with van der Waals surface area (Å²) in [6.45, 7) is 0. The van der Waals surface area contributed by atoms with Crippen molar-refractivity contribution in [1.82, 2.24) is 15.0 Å². The summed E-state index contributed by atoms with van der Waals surface area (Å²) >= 11 is 0. The molecule has 256 valence electrons. The number of furan rings is 1. The van der Waals surface area contributed by atoms with Crippen LogP contribution in [0.25, 0.3) is 89.5 Å². The van der Waals surface area contributed by atoms with Gasteiger partial charge in [-0.05, 0) is 69.8 Å². The molecule has 0 aliphatic heterocycles. The zero-order valence-corrected chi connectivity index (χ0v) is 31.9. The van der Waals surface area contributed by atoms with Crippen LogP contribution in [0.3, 0.4) is 0 Å². The highest BCUT2D eigenvalue weighted by Gasteiger charge is 2.23. The lowest BCUT2D eigenvalue weighted by molar-refractivity contribution is 0.669. The van der Waals surface area contributed by atoms with Crippen molar-refractivity contribution >= 4 is 142 Å². The molecule has 0 saturated heterocycles. The Morgan fingerprint density at radius 3 is 1.57 bits per heavy atom. The van der Waals surface area contributed by atoms with Crippen LogP contribution in [-0.2, 0) is 0 Å². The van der Waals surface area contributed by atoms with Gasteiger partial charge in [0.2, 0.25) is 0 Å². The van der Waals surface area contributed by atoms with Crippen molar-refractivity contribution in [3.63, 3.8) is 0 Å². The van der Waals surface area contributed by atoms with Crippen molar-refractivity contribution in [2.24, 2.45) is 0 Å². The molecule has 7 aromatic carbocycles. The van der Waals surface area contributed by atoms with E-state index in [1.807, 2.05) is 109 Å². The third kappa shape index (κ3) is 6.45. The van der Waals surface area contributed by atoms with Crippen LogP contribution in [0.2, 0.25) is 0 Å². The molecule has 0 spiro atoms. The lowest BCUT2D eigenvalue weighted by Gasteiger charge is -2.28. The number of nitriles is 1. The smallest absolute Gasteiger partial charge is 0.164 e. The Labute approximate surface area is 359 Å². The third-order valence-corrected chi connectivity index (χ3v) is 10.7. The van der Waals surface area contributed by atoms with Gasteiger partial charge in [-0.3, -0.25) is 0 Å². The first kappa shape index (κ1) is 38.9. The zero-order chi connectivity index (χ0) is 42.0. The summed E-state index contributed by atoms with van der Waals surface area (Å²) in [5.41, 5.74) is 7.78. The van der Waals surface area contributed by atoms with E-state index in [4.69, 9.17) is 90.0 Å². The van der Waals surface area contributed by atoms with Crippen LogP contribution < -0.4 is 49.2 Å². The molecule has 0 bridgehead atoms. The van der Waals surface area contributed by atoms with Crippen molar-refractivity contribution in [2.75, 3.05) is 0 Å². The van der Waals surface area contributed by atoms with Crippen LogP contribution in [0.15, 0.2) is 120 Å². The monoisotopic (exact) mass is 742 g/mol. The second kappa shape index (κ2) is 15.2. The number of aromatic nitrogens is 3. The van der Waals surface area contributed by atoms with Crippen molar-refractivity contribution in [3.8, 4) is 73.6 Å². The van der Waals surface area contributed by atoms with Crippen LogP contribution in [0.4, 0.5) is 0 Å². The van der Waals surface area contributed by atoms with Crippen molar-refractivity contribution in [1.29, 1.82) is 5.26 Å². The number of rotatable bonds is 6. The van der Waals surface area contributed by atoms with Crippen LogP contribution >= 0.6 is 0 Å². The van der Waals surface area contributed by atoms with Gasteiger partial charge in [0.1, 0.15) is 81.8 Å². The molecule has 5 nitrogen and oxygen atoms in total. The molecule has 0 amide bonds. The molecule has 0 aliphatic carbocycles. The highest BCUT2D eigenvalue weighted by Crippen LogP contribution is 2.38. The van der Waals surface area contributed by atoms with Gasteiger partial charge >= 0.3 is 0 Å². The molecule has 0 aliphatic rings. The average molecular weight is 741 g/mol. The first-order valence-electron chi connectivity index (χ1n) is 18.6. The molecule has 0 saturated carbocycles. The van der Waals surface area contributed by atoms with Gasteiger partial charge < -0.3 is 4.42 Å². The molecule has 2 heterocycles. The van der Waals surface area contributed by atoms with Gasteiger partial charge in [-0.2, -0.15) is 5.26 Å². The number of nitrogens with zero attached hydrogens (tertiary/aromatic N) is 4. The SMILES string of the molecule is [B]c1c([B])c([B])c(-c2c([B])c([B])c([B])c(-c3cccc4oc5cc(-c6nc(-c7ccccc7)nc(-c7cccc(-c8cccc(C#N)c8)c7)n6)ccc5c34)c2[B])c([B])c1[B]. The molecule has 18 radical (unpaired) electrons. The number of hydrogen-bond acceptors (Lipinski definition) is 5. The molecule has 2 aromatic heterocycles. The number of hydrogen-bond donors (Lipinski definition) is 0. The maximum Gasteiger partial charge on any atom is 0.164 e. The summed E-state index contributed by atoms with van der Waals surface area (Å²) in [6.07, 6.45) is 0. The Balaban J connectivity index is 1.21. The molecule has 0 atom stereocenters. The highest BCUT2D eigenvalue weighted by atomic mass is 16.3. The van der Waals surface area contributed by atoms with Gasteiger partial charge in [-0.15, -0.1) is 21.9 Å². The minimum absolute atomic E-state index is 0.0307. The zero-order valence-electron chi connectivity index (χ0n) is 31.9. The Morgan fingerprint density at radius 1 is 0.400 bits per heavy atom. The van der Waals surface area contributed by atoms with Crippen LogP contribution in [0, 0.1) is 11.3 Å². The summed E-state index contributed by atoms with van der Waals surface area (Å²) in [6, 6.07) is 38.5. The number of fused-ring (bicyclic) bond motifs is 3. The Bertz CT molecular complexity index is 3260. The van der Waals surface area contributed by atoms with Crippen molar-refractivity contribution in [2.45, 2.75) is 0 Å². The van der Waals surface area contributed by atoms with Gasteiger partial charge in [-0.25, -0.2) is 15.0 Å². The van der Waals surface area contributed by atoms with Crippen LogP contribution in [-0.4, -0.2) is 85.6 Å². The van der Waals surface area contributed by atoms with Gasteiger partial charge in [0, 0.05) is 27.5 Å². The third-order valence-electron chi connectivity index (χ3n) is 10.7. The van der Waals surface area contributed by atoms with E-state index in [-0.39, 0.29) is 60.3 Å². The van der Waals surface area contributed by atoms with E-state index in [0.717, 1.165) is 27.6 Å². The van der Waals surface area contributed by atoms with Crippen molar-refractivity contribution in [3.05, 3.63) is 121 Å². The van der Waals surface area contributed by atoms with Gasteiger partial charge in [0.25, 0.3) is 0 Å². The summed E-state index contributed by atoms with van der Waals surface area (Å²) < 4.78 is 6.50. The molecule has 0 N–H and O–H groups in total. The largest absolute Gasteiger partial charge is 0.456 e. The Morgan fingerprint density at radius 2 is 0.900 bits per heavy atom. The molecule has 9 aromatic rings. The van der Waals surface area contributed by atoms with E-state index in [0.29, 0.717) is 56.3 Å².